The number of hydrogen-bond acceptors (Lipinski definition) is 4. The van der Waals surface area contributed by atoms with Gasteiger partial charge in [0, 0.05) is 36.2 Å². The number of anilines is 1. The number of aryl methyl sites for hydroxylation is 1. The molecule has 3 heterocycles. The number of aromatic nitrogens is 2. The number of fused-ring (bicyclic) bond motifs is 1. The zero-order chi connectivity index (χ0) is 16.5. The van der Waals surface area contributed by atoms with Crippen LogP contribution in [0, 0.1) is 0 Å². The Kier molecular flexibility index (Phi) is 4.08. The highest BCUT2D eigenvalue weighted by Crippen LogP contribution is 2.25. The SMILES string of the molecule is O=C(Nc1ccc(-c2ncc3n2CCCC3)cc1)C1CC(O)CN1. The van der Waals surface area contributed by atoms with Gasteiger partial charge in [0.25, 0.3) is 0 Å². The molecule has 2 unspecified atom stereocenters. The predicted octanol–water partition coefficient (Wildman–Crippen LogP) is 1.55. The van der Waals surface area contributed by atoms with Crippen LogP contribution in [-0.2, 0) is 17.8 Å². The molecule has 1 fully saturated rings. The largest absolute Gasteiger partial charge is 0.392 e. The van der Waals surface area contributed by atoms with Gasteiger partial charge in [0.15, 0.2) is 0 Å². The first-order valence-corrected chi connectivity index (χ1v) is 8.58. The van der Waals surface area contributed by atoms with Gasteiger partial charge in [-0.15, -0.1) is 0 Å². The molecule has 6 nitrogen and oxygen atoms in total. The lowest BCUT2D eigenvalue weighted by Gasteiger charge is -2.16. The van der Waals surface area contributed by atoms with E-state index < -0.39 is 6.10 Å². The molecule has 0 radical (unpaired) electrons. The summed E-state index contributed by atoms with van der Waals surface area (Å²) in [6.45, 7) is 1.50. The van der Waals surface area contributed by atoms with Crippen molar-refractivity contribution >= 4 is 11.6 Å². The third-order valence-corrected chi connectivity index (χ3v) is 4.84. The Bertz CT molecular complexity index is 738. The van der Waals surface area contributed by atoms with Crippen molar-refractivity contribution in [1.82, 2.24) is 14.9 Å². The van der Waals surface area contributed by atoms with Gasteiger partial charge in [0.2, 0.25) is 5.91 Å². The minimum Gasteiger partial charge on any atom is -0.392 e. The Labute approximate surface area is 140 Å². The number of rotatable bonds is 3. The van der Waals surface area contributed by atoms with Gasteiger partial charge in [-0.3, -0.25) is 4.79 Å². The Hall–Kier alpha value is -2.18. The summed E-state index contributed by atoms with van der Waals surface area (Å²) in [6, 6.07) is 7.48. The number of amides is 1. The van der Waals surface area contributed by atoms with Gasteiger partial charge in [-0.1, -0.05) is 0 Å². The van der Waals surface area contributed by atoms with Crippen molar-refractivity contribution in [3.63, 3.8) is 0 Å². The molecular weight excluding hydrogens is 304 g/mol. The highest BCUT2D eigenvalue weighted by atomic mass is 16.3. The molecule has 2 aliphatic rings. The van der Waals surface area contributed by atoms with E-state index >= 15 is 0 Å². The number of aliphatic hydroxyl groups is 1. The number of nitrogens with zero attached hydrogens (tertiary/aromatic N) is 2. The Morgan fingerprint density at radius 3 is 2.88 bits per heavy atom. The first kappa shape index (κ1) is 15.4. The van der Waals surface area contributed by atoms with Crippen molar-refractivity contribution in [2.75, 3.05) is 11.9 Å². The maximum absolute atomic E-state index is 12.2. The highest BCUT2D eigenvalue weighted by molar-refractivity contribution is 5.95. The van der Waals surface area contributed by atoms with Crippen LogP contribution in [-0.4, -0.2) is 39.3 Å². The molecule has 1 aromatic carbocycles. The van der Waals surface area contributed by atoms with Gasteiger partial charge in [-0.25, -0.2) is 4.98 Å². The number of carbonyl (C=O) groups is 1. The monoisotopic (exact) mass is 326 g/mol. The summed E-state index contributed by atoms with van der Waals surface area (Å²) < 4.78 is 2.29. The van der Waals surface area contributed by atoms with Crippen molar-refractivity contribution in [3.05, 3.63) is 36.2 Å². The van der Waals surface area contributed by atoms with Gasteiger partial charge >= 0.3 is 0 Å². The molecule has 126 valence electrons. The molecule has 1 aromatic heterocycles. The molecule has 0 saturated carbocycles. The van der Waals surface area contributed by atoms with Crippen molar-refractivity contribution < 1.29 is 9.90 Å². The summed E-state index contributed by atoms with van der Waals surface area (Å²) in [5.41, 5.74) is 3.13. The van der Waals surface area contributed by atoms with E-state index in [1.54, 1.807) is 0 Å². The van der Waals surface area contributed by atoms with Crippen LogP contribution in [0.5, 0.6) is 0 Å². The molecule has 4 rings (SSSR count). The molecule has 1 saturated heterocycles. The van der Waals surface area contributed by atoms with Gasteiger partial charge < -0.3 is 20.3 Å². The highest BCUT2D eigenvalue weighted by Gasteiger charge is 2.28. The van der Waals surface area contributed by atoms with Crippen LogP contribution in [0.15, 0.2) is 30.5 Å². The fraction of sp³-hybridized carbons (Fsp3) is 0.444. The average Bonchev–Trinajstić information content (AvgIpc) is 3.22. The summed E-state index contributed by atoms with van der Waals surface area (Å²) in [5, 5.41) is 15.4. The molecule has 0 aliphatic carbocycles. The molecule has 6 heteroatoms. The standard InChI is InChI=1S/C18H22N4O2/c23-15-9-16(19-11-15)18(24)21-13-6-4-12(5-7-13)17-20-10-14-3-1-2-8-22(14)17/h4-7,10,15-16,19,23H,1-3,8-9,11H2,(H,21,24). The summed E-state index contributed by atoms with van der Waals surface area (Å²) in [4.78, 5) is 16.7. The number of carbonyl (C=O) groups excluding carboxylic acids is 1. The third kappa shape index (κ3) is 2.95. The van der Waals surface area contributed by atoms with Crippen molar-refractivity contribution in [2.24, 2.45) is 0 Å². The van der Waals surface area contributed by atoms with Crippen LogP contribution in [0.4, 0.5) is 5.69 Å². The molecule has 24 heavy (non-hydrogen) atoms. The Morgan fingerprint density at radius 2 is 2.12 bits per heavy atom. The van der Waals surface area contributed by atoms with Gasteiger partial charge in [0.1, 0.15) is 5.82 Å². The minimum atomic E-state index is -0.435. The van der Waals surface area contributed by atoms with E-state index in [2.05, 4.69) is 20.2 Å². The average molecular weight is 326 g/mol. The molecule has 2 aliphatic heterocycles. The number of nitrogens with one attached hydrogen (secondary N) is 2. The zero-order valence-corrected chi connectivity index (χ0v) is 13.5. The van der Waals surface area contributed by atoms with Crippen LogP contribution in [0.1, 0.15) is 25.0 Å². The minimum absolute atomic E-state index is 0.0995. The van der Waals surface area contributed by atoms with Crippen molar-refractivity contribution in [3.8, 4) is 11.4 Å². The lowest BCUT2D eigenvalue weighted by Crippen LogP contribution is -2.35. The number of aliphatic hydroxyl groups excluding tert-OH is 1. The molecule has 1 amide bonds. The second-order valence-corrected chi connectivity index (χ2v) is 6.60. The lowest BCUT2D eigenvalue weighted by molar-refractivity contribution is -0.117. The maximum Gasteiger partial charge on any atom is 0.241 e. The first-order valence-electron chi connectivity index (χ1n) is 8.58. The van der Waals surface area contributed by atoms with E-state index in [1.807, 2.05) is 30.5 Å². The molecule has 2 aromatic rings. The molecule has 0 bridgehead atoms. The van der Waals surface area contributed by atoms with E-state index in [4.69, 9.17) is 0 Å². The third-order valence-electron chi connectivity index (χ3n) is 4.84. The van der Waals surface area contributed by atoms with Crippen LogP contribution in [0.25, 0.3) is 11.4 Å². The topological polar surface area (TPSA) is 79.2 Å². The molecule has 0 spiro atoms. The van der Waals surface area contributed by atoms with E-state index in [-0.39, 0.29) is 11.9 Å². The number of hydrogen-bond donors (Lipinski definition) is 3. The summed E-state index contributed by atoms with van der Waals surface area (Å²) in [5.74, 6) is 0.903. The number of benzene rings is 1. The second kappa shape index (κ2) is 6.37. The first-order chi connectivity index (χ1) is 11.7. The maximum atomic E-state index is 12.2. The van der Waals surface area contributed by atoms with E-state index in [0.29, 0.717) is 13.0 Å². The smallest absolute Gasteiger partial charge is 0.241 e. The number of imidazole rings is 1. The second-order valence-electron chi connectivity index (χ2n) is 6.60. The van der Waals surface area contributed by atoms with E-state index in [0.717, 1.165) is 30.0 Å². The van der Waals surface area contributed by atoms with Crippen LogP contribution in [0.2, 0.25) is 0 Å². The van der Waals surface area contributed by atoms with Crippen molar-refractivity contribution in [2.45, 2.75) is 44.4 Å². The summed E-state index contributed by atoms with van der Waals surface area (Å²) >= 11 is 0. The Morgan fingerprint density at radius 1 is 1.29 bits per heavy atom. The zero-order valence-electron chi connectivity index (χ0n) is 13.5. The fourth-order valence-corrected chi connectivity index (χ4v) is 3.52. The molecule has 2 atom stereocenters. The summed E-state index contributed by atoms with van der Waals surface area (Å²) in [6.07, 6.45) is 5.53. The van der Waals surface area contributed by atoms with E-state index in [9.17, 15) is 9.90 Å². The normalized spacial score (nSPS) is 23.0. The van der Waals surface area contributed by atoms with Crippen LogP contribution in [0.3, 0.4) is 0 Å². The van der Waals surface area contributed by atoms with Gasteiger partial charge in [-0.2, -0.15) is 0 Å². The van der Waals surface area contributed by atoms with Crippen molar-refractivity contribution in [1.29, 1.82) is 0 Å². The van der Waals surface area contributed by atoms with Gasteiger partial charge in [-0.05, 0) is 49.9 Å². The van der Waals surface area contributed by atoms with Gasteiger partial charge in [0.05, 0.1) is 12.1 Å². The van der Waals surface area contributed by atoms with Crippen LogP contribution >= 0.6 is 0 Å². The number of β-amino-alcohol motifs (C(OH)–C–C–N with tert-alkyl or cyclic N) is 1. The lowest BCUT2D eigenvalue weighted by atomic mass is 10.1. The Balaban J connectivity index is 1.47. The quantitative estimate of drug-likeness (QED) is 0.799. The van der Waals surface area contributed by atoms with Crippen LogP contribution < -0.4 is 10.6 Å². The predicted molar refractivity (Wildman–Crippen MR) is 91.6 cm³/mol. The molecular formula is C18H22N4O2. The fourth-order valence-electron chi connectivity index (χ4n) is 3.52. The van der Waals surface area contributed by atoms with E-state index in [1.165, 1.54) is 18.5 Å². The summed E-state index contributed by atoms with van der Waals surface area (Å²) in [7, 11) is 0. The molecule has 3 N–H and O–H groups in total.